The summed E-state index contributed by atoms with van der Waals surface area (Å²) in [5.74, 6) is 0. The van der Waals surface area contributed by atoms with Crippen LogP contribution >= 0.6 is 0 Å². The van der Waals surface area contributed by atoms with Crippen molar-refractivity contribution in [1.82, 2.24) is 0 Å². The lowest BCUT2D eigenvalue weighted by Gasteiger charge is -2.28. The van der Waals surface area contributed by atoms with Crippen molar-refractivity contribution in [2.24, 2.45) is 0 Å². The van der Waals surface area contributed by atoms with Crippen LogP contribution in [0.4, 0.5) is 0 Å². The monoisotopic (exact) mass is 304 g/mol. The largest absolute Gasteiger partial charge is 0.382 e. The molecule has 2 N–H and O–H groups in total. The Morgan fingerprint density at radius 2 is 1.67 bits per heavy atom. The zero-order valence-electron chi connectivity index (χ0n) is 13.7. The molecular weight excluding hydrogens is 272 g/mol. The van der Waals surface area contributed by atoms with Crippen LogP contribution < -0.4 is 0 Å². The Hall–Kier alpha value is -0.200. The summed E-state index contributed by atoms with van der Waals surface area (Å²) in [4.78, 5) is 0. The molecule has 5 nitrogen and oxygen atoms in total. The highest BCUT2D eigenvalue weighted by Crippen LogP contribution is 2.32. The quantitative estimate of drug-likeness (QED) is 0.573. The molecule has 1 aliphatic rings. The van der Waals surface area contributed by atoms with Crippen molar-refractivity contribution in [2.75, 3.05) is 19.8 Å². The molecule has 0 saturated carbocycles. The topological polar surface area (TPSA) is 68.2 Å². The summed E-state index contributed by atoms with van der Waals surface area (Å²) < 4.78 is 16.8. The third-order valence-corrected chi connectivity index (χ3v) is 3.94. The summed E-state index contributed by atoms with van der Waals surface area (Å²) in [6, 6.07) is 0. The van der Waals surface area contributed by atoms with Crippen LogP contribution in [0.1, 0.15) is 59.3 Å². The zero-order chi connectivity index (χ0) is 15.7. The number of aliphatic hydroxyl groups is 2. The normalized spacial score (nSPS) is 32.7. The fourth-order valence-corrected chi connectivity index (χ4v) is 2.51. The predicted octanol–water partition coefficient (Wildman–Crippen LogP) is 2.24. The number of hydrogen-bond donors (Lipinski definition) is 2. The molecule has 5 heteroatoms. The maximum atomic E-state index is 10.3. The van der Waals surface area contributed by atoms with Crippen LogP contribution in [-0.2, 0) is 14.2 Å². The predicted molar refractivity (Wildman–Crippen MR) is 81.1 cm³/mol. The van der Waals surface area contributed by atoms with Crippen LogP contribution in [0.3, 0.4) is 0 Å². The van der Waals surface area contributed by atoms with E-state index in [1.165, 1.54) is 0 Å². The van der Waals surface area contributed by atoms with Gasteiger partial charge in [0.05, 0.1) is 6.61 Å². The van der Waals surface area contributed by atoms with Gasteiger partial charge in [-0.05, 0) is 19.8 Å². The Morgan fingerprint density at radius 1 is 1.05 bits per heavy atom. The summed E-state index contributed by atoms with van der Waals surface area (Å²) in [6.45, 7) is 7.42. The third kappa shape index (κ3) is 5.83. The molecule has 0 aromatic rings. The van der Waals surface area contributed by atoms with Crippen molar-refractivity contribution in [2.45, 2.75) is 83.4 Å². The number of rotatable bonds is 11. The molecule has 21 heavy (non-hydrogen) atoms. The van der Waals surface area contributed by atoms with Gasteiger partial charge in [-0.25, -0.2) is 0 Å². The molecule has 1 saturated heterocycles. The average Bonchev–Trinajstić information content (AvgIpc) is 2.66. The van der Waals surface area contributed by atoms with Crippen LogP contribution in [0, 0.1) is 0 Å². The Labute approximate surface area is 128 Å². The van der Waals surface area contributed by atoms with Gasteiger partial charge >= 0.3 is 0 Å². The fourth-order valence-electron chi connectivity index (χ4n) is 2.51. The van der Waals surface area contributed by atoms with Crippen molar-refractivity contribution < 1.29 is 24.4 Å². The lowest BCUT2D eigenvalue weighted by molar-refractivity contribution is -0.173. The highest BCUT2D eigenvalue weighted by atomic mass is 16.7. The van der Waals surface area contributed by atoms with E-state index >= 15 is 0 Å². The molecular formula is C16H32O5. The van der Waals surface area contributed by atoms with Gasteiger partial charge in [-0.3, -0.25) is 0 Å². The van der Waals surface area contributed by atoms with Crippen molar-refractivity contribution >= 4 is 0 Å². The zero-order valence-corrected chi connectivity index (χ0v) is 13.7. The van der Waals surface area contributed by atoms with E-state index < -0.39 is 24.1 Å². The molecule has 0 aromatic heterocycles. The second kappa shape index (κ2) is 9.74. The molecule has 0 amide bonds. The SMILES string of the molecule is CCCCCOC[C@H]1OC(O)[C@](C)(O)[C@@H]1OCCCCC. The first-order chi connectivity index (χ1) is 10.0. The first kappa shape index (κ1) is 18.8. The van der Waals surface area contributed by atoms with Crippen molar-refractivity contribution in [3.8, 4) is 0 Å². The van der Waals surface area contributed by atoms with E-state index in [0.717, 1.165) is 38.5 Å². The van der Waals surface area contributed by atoms with E-state index in [2.05, 4.69) is 13.8 Å². The number of unbranched alkanes of at least 4 members (excludes halogenated alkanes) is 4. The number of aliphatic hydroxyl groups excluding tert-OH is 1. The Balaban J connectivity index is 2.39. The molecule has 126 valence electrons. The van der Waals surface area contributed by atoms with Gasteiger partial charge in [-0.1, -0.05) is 39.5 Å². The minimum absolute atomic E-state index is 0.343. The molecule has 1 fully saturated rings. The Bertz CT molecular complexity index is 269. The molecule has 1 aliphatic heterocycles. The third-order valence-electron chi connectivity index (χ3n) is 3.94. The molecule has 1 rings (SSSR count). The van der Waals surface area contributed by atoms with Crippen LogP contribution in [-0.4, -0.2) is 54.1 Å². The van der Waals surface area contributed by atoms with Gasteiger partial charge < -0.3 is 24.4 Å². The van der Waals surface area contributed by atoms with E-state index in [1.54, 1.807) is 6.92 Å². The number of hydrogen-bond acceptors (Lipinski definition) is 5. The highest BCUT2D eigenvalue weighted by Gasteiger charge is 2.53. The molecule has 0 radical (unpaired) electrons. The lowest BCUT2D eigenvalue weighted by atomic mass is 9.97. The van der Waals surface area contributed by atoms with Crippen LogP contribution in [0.15, 0.2) is 0 Å². The van der Waals surface area contributed by atoms with E-state index in [1.807, 2.05) is 0 Å². The van der Waals surface area contributed by atoms with Crippen LogP contribution in [0.25, 0.3) is 0 Å². The van der Waals surface area contributed by atoms with Crippen molar-refractivity contribution in [3.05, 3.63) is 0 Å². The summed E-state index contributed by atoms with van der Waals surface area (Å²) in [7, 11) is 0. The second-order valence-electron chi connectivity index (χ2n) is 6.03. The van der Waals surface area contributed by atoms with Gasteiger partial charge in [0.15, 0.2) is 6.29 Å². The first-order valence-corrected chi connectivity index (χ1v) is 8.29. The van der Waals surface area contributed by atoms with Gasteiger partial charge in [0.2, 0.25) is 0 Å². The van der Waals surface area contributed by atoms with Crippen LogP contribution in [0.2, 0.25) is 0 Å². The first-order valence-electron chi connectivity index (χ1n) is 8.29. The summed E-state index contributed by atoms with van der Waals surface area (Å²) in [5.41, 5.74) is -1.39. The molecule has 1 heterocycles. The summed E-state index contributed by atoms with van der Waals surface area (Å²) in [5, 5.41) is 20.2. The fraction of sp³-hybridized carbons (Fsp3) is 1.00. The molecule has 0 aliphatic carbocycles. The van der Waals surface area contributed by atoms with Gasteiger partial charge in [0.1, 0.15) is 17.8 Å². The summed E-state index contributed by atoms with van der Waals surface area (Å²) >= 11 is 0. The average molecular weight is 304 g/mol. The van der Waals surface area contributed by atoms with Gasteiger partial charge in [-0.15, -0.1) is 0 Å². The van der Waals surface area contributed by atoms with E-state index in [4.69, 9.17) is 14.2 Å². The standard InChI is InChI=1S/C16H32O5/c1-4-6-8-10-19-12-13-14(20-11-9-7-5-2)16(3,18)15(17)21-13/h13-15,17-18H,4-12H2,1-3H3/t13-,14-,15?,16-/m1/s1. The number of ether oxygens (including phenoxy) is 3. The van der Waals surface area contributed by atoms with Crippen molar-refractivity contribution in [1.29, 1.82) is 0 Å². The van der Waals surface area contributed by atoms with Gasteiger partial charge in [0, 0.05) is 13.2 Å². The van der Waals surface area contributed by atoms with E-state index in [0.29, 0.717) is 19.8 Å². The van der Waals surface area contributed by atoms with Crippen molar-refractivity contribution in [3.63, 3.8) is 0 Å². The second-order valence-corrected chi connectivity index (χ2v) is 6.03. The van der Waals surface area contributed by atoms with E-state index in [9.17, 15) is 10.2 Å². The van der Waals surface area contributed by atoms with Crippen LogP contribution in [0.5, 0.6) is 0 Å². The minimum atomic E-state index is -1.39. The molecule has 0 spiro atoms. The Morgan fingerprint density at radius 3 is 2.29 bits per heavy atom. The van der Waals surface area contributed by atoms with Gasteiger partial charge in [-0.2, -0.15) is 0 Å². The lowest BCUT2D eigenvalue weighted by Crippen LogP contribution is -2.47. The Kier molecular flexibility index (Phi) is 8.74. The maximum absolute atomic E-state index is 10.3. The molecule has 0 bridgehead atoms. The molecule has 4 atom stereocenters. The minimum Gasteiger partial charge on any atom is -0.382 e. The summed E-state index contributed by atoms with van der Waals surface area (Å²) in [6.07, 6.45) is 4.28. The maximum Gasteiger partial charge on any atom is 0.186 e. The molecule has 0 aromatic carbocycles. The molecule has 1 unspecified atom stereocenters. The van der Waals surface area contributed by atoms with Gasteiger partial charge in [0.25, 0.3) is 0 Å². The smallest absolute Gasteiger partial charge is 0.186 e. The van der Waals surface area contributed by atoms with E-state index in [-0.39, 0.29) is 0 Å². The highest BCUT2D eigenvalue weighted by molar-refractivity contribution is 4.97.